The van der Waals surface area contributed by atoms with Crippen molar-refractivity contribution in [2.24, 2.45) is 0 Å². The Morgan fingerprint density at radius 2 is 1.87 bits per heavy atom. The predicted octanol–water partition coefficient (Wildman–Crippen LogP) is 3.79. The Hall–Kier alpha value is -2.99. The minimum absolute atomic E-state index is 0.0965. The Morgan fingerprint density at radius 1 is 1.10 bits per heavy atom. The van der Waals surface area contributed by atoms with Crippen molar-refractivity contribution in [1.29, 1.82) is 0 Å². The van der Waals surface area contributed by atoms with Gasteiger partial charge in [0.1, 0.15) is 11.3 Å². The standard InChI is InChI=1S/C23H23ClN2O4/c1-15-4-3-5-17(10-15)25-6-8-26(9-7-25)22(27)14-29-21-13-20-18(12-19(21)24)16(2)11-23(28)30-20/h3-5,10-13H,6-9,14H2,1-2H3. The summed E-state index contributed by atoms with van der Waals surface area (Å²) in [7, 11) is 0. The molecule has 1 saturated heterocycles. The lowest BCUT2D eigenvalue weighted by atomic mass is 10.1. The van der Waals surface area contributed by atoms with E-state index in [1.807, 2.05) is 13.0 Å². The van der Waals surface area contributed by atoms with Crippen LogP contribution in [0.25, 0.3) is 11.0 Å². The van der Waals surface area contributed by atoms with Gasteiger partial charge in [0.25, 0.3) is 5.91 Å². The van der Waals surface area contributed by atoms with Crippen LogP contribution in [0.1, 0.15) is 11.1 Å². The Bertz CT molecular complexity index is 1150. The van der Waals surface area contributed by atoms with Gasteiger partial charge in [-0.15, -0.1) is 0 Å². The van der Waals surface area contributed by atoms with Gasteiger partial charge in [-0.1, -0.05) is 23.7 Å². The Labute approximate surface area is 179 Å². The molecule has 4 rings (SSSR count). The van der Waals surface area contributed by atoms with Gasteiger partial charge in [0.15, 0.2) is 6.61 Å². The summed E-state index contributed by atoms with van der Waals surface area (Å²) in [5.74, 6) is 0.227. The molecule has 30 heavy (non-hydrogen) atoms. The number of hydrogen-bond donors (Lipinski definition) is 0. The molecule has 6 nitrogen and oxygen atoms in total. The van der Waals surface area contributed by atoms with E-state index < -0.39 is 5.63 Å². The van der Waals surface area contributed by atoms with Crippen molar-refractivity contribution < 1.29 is 13.9 Å². The van der Waals surface area contributed by atoms with Crippen LogP contribution in [0, 0.1) is 13.8 Å². The van der Waals surface area contributed by atoms with Gasteiger partial charge < -0.3 is 19.0 Å². The number of hydrogen-bond acceptors (Lipinski definition) is 5. The summed E-state index contributed by atoms with van der Waals surface area (Å²) in [6.07, 6.45) is 0. The van der Waals surface area contributed by atoms with Crippen molar-refractivity contribution >= 4 is 34.2 Å². The summed E-state index contributed by atoms with van der Waals surface area (Å²) >= 11 is 6.31. The first-order valence-corrected chi connectivity index (χ1v) is 10.2. The van der Waals surface area contributed by atoms with Crippen molar-refractivity contribution in [3.63, 3.8) is 0 Å². The van der Waals surface area contributed by atoms with Crippen molar-refractivity contribution in [2.75, 3.05) is 37.7 Å². The first-order valence-electron chi connectivity index (χ1n) is 9.87. The topological polar surface area (TPSA) is 63.0 Å². The lowest BCUT2D eigenvalue weighted by Crippen LogP contribution is -2.50. The second-order valence-electron chi connectivity index (χ2n) is 7.52. The average Bonchev–Trinajstić information content (AvgIpc) is 2.73. The zero-order chi connectivity index (χ0) is 21.3. The highest BCUT2D eigenvalue weighted by Gasteiger charge is 2.22. The molecule has 0 atom stereocenters. The molecule has 0 unspecified atom stereocenters. The van der Waals surface area contributed by atoms with Crippen LogP contribution in [0.3, 0.4) is 0 Å². The fourth-order valence-corrected chi connectivity index (χ4v) is 3.92. The van der Waals surface area contributed by atoms with Crippen LogP contribution in [0.15, 0.2) is 51.7 Å². The predicted molar refractivity (Wildman–Crippen MR) is 118 cm³/mol. The second kappa shape index (κ2) is 8.40. The molecule has 2 heterocycles. The number of halogens is 1. The number of rotatable bonds is 4. The van der Waals surface area contributed by atoms with Gasteiger partial charge in [-0.3, -0.25) is 4.79 Å². The number of carbonyl (C=O) groups excluding carboxylic acids is 1. The zero-order valence-electron chi connectivity index (χ0n) is 17.0. The number of benzene rings is 2. The maximum absolute atomic E-state index is 12.6. The van der Waals surface area contributed by atoms with Crippen LogP contribution >= 0.6 is 11.6 Å². The number of anilines is 1. The molecular formula is C23H23ClN2O4. The molecule has 0 spiro atoms. The summed E-state index contributed by atoms with van der Waals surface area (Å²) in [4.78, 5) is 28.3. The number of nitrogens with zero attached hydrogens (tertiary/aromatic N) is 2. The van der Waals surface area contributed by atoms with Crippen LogP contribution in [0.5, 0.6) is 5.75 Å². The Morgan fingerprint density at radius 3 is 2.60 bits per heavy atom. The fourth-order valence-electron chi connectivity index (χ4n) is 3.70. The van der Waals surface area contributed by atoms with E-state index in [1.54, 1.807) is 17.0 Å². The van der Waals surface area contributed by atoms with E-state index >= 15 is 0 Å². The summed E-state index contributed by atoms with van der Waals surface area (Å²) in [6, 6.07) is 13.0. The largest absolute Gasteiger partial charge is 0.482 e. The minimum atomic E-state index is -0.434. The summed E-state index contributed by atoms with van der Waals surface area (Å²) < 4.78 is 10.9. The summed E-state index contributed by atoms with van der Waals surface area (Å²) in [5, 5.41) is 1.11. The second-order valence-corrected chi connectivity index (χ2v) is 7.93. The van der Waals surface area contributed by atoms with Gasteiger partial charge >= 0.3 is 5.63 Å². The monoisotopic (exact) mass is 426 g/mol. The van der Waals surface area contributed by atoms with Gasteiger partial charge in [0.2, 0.25) is 0 Å². The SMILES string of the molecule is Cc1cccc(N2CCN(C(=O)COc3cc4oc(=O)cc(C)c4cc3Cl)CC2)c1. The number of piperazine rings is 1. The number of fused-ring (bicyclic) bond motifs is 1. The van der Waals surface area contributed by atoms with E-state index in [-0.39, 0.29) is 12.5 Å². The molecule has 1 amide bonds. The molecule has 1 aliphatic rings. The highest BCUT2D eigenvalue weighted by Crippen LogP contribution is 2.31. The molecule has 2 aromatic carbocycles. The highest BCUT2D eigenvalue weighted by atomic mass is 35.5. The molecule has 156 valence electrons. The van der Waals surface area contributed by atoms with Crippen LogP contribution in [0.2, 0.25) is 5.02 Å². The number of amides is 1. The molecule has 0 saturated carbocycles. The smallest absolute Gasteiger partial charge is 0.336 e. The first kappa shape index (κ1) is 20.3. The maximum Gasteiger partial charge on any atom is 0.336 e. The van der Waals surface area contributed by atoms with E-state index in [0.29, 0.717) is 29.4 Å². The number of aryl methyl sites for hydroxylation is 2. The molecule has 0 radical (unpaired) electrons. The van der Waals surface area contributed by atoms with E-state index in [2.05, 4.69) is 30.0 Å². The van der Waals surface area contributed by atoms with E-state index in [1.165, 1.54) is 17.3 Å². The summed E-state index contributed by atoms with van der Waals surface area (Å²) in [5.41, 5.74) is 3.13. The van der Waals surface area contributed by atoms with Crippen LogP contribution in [0.4, 0.5) is 5.69 Å². The minimum Gasteiger partial charge on any atom is -0.482 e. The maximum atomic E-state index is 12.6. The quantitative estimate of drug-likeness (QED) is 0.594. The third-order valence-electron chi connectivity index (χ3n) is 5.35. The van der Waals surface area contributed by atoms with Gasteiger partial charge in [-0.25, -0.2) is 4.79 Å². The van der Waals surface area contributed by atoms with Gasteiger partial charge in [-0.2, -0.15) is 0 Å². The molecular weight excluding hydrogens is 404 g/mol. The normalized spacial score (nSPS) is 14.2. The van der Waals surface area contributed by atoms with Crippen molar-refractivity contribution in [1.82, 2.24) is 4.90 Å². The molecule has 0 aliphatic carbocycles. The summed E-state index contributed by atoms with van der Waals surface area (Å²) in [6.45, 7) is 6.59. The van der Waals surface area contributed by atoms with Crippen molar-refractivity contribution in [3.05, 3.63) is 69.0 Å². The fraction of sp³-hybridized carbons (Fsp3) is 0.304. The van der Waals surface area contributed by atoms with Crippen molar-refractivity contribution in [3.8, 4) is 5.75 Å². The zero-order valence-corrected chi connectivity index (χ0v) is 17.7. The van der Waals surface area contributed by atoms with E-state index in [4.69, 9.17) is 20.8 Å². The third kappa shape index (κ3) is 4.28. The third-order valence-corrected chi connectivity index (χ3v) is 5.65. The molecule has 3 aromatic rings. The van der Waals surface area contributed by atoms with Crippen LogP contribution in [-0.4, -0.2) is 43.6 Å². The molecule has 1 aromatic heterocycles. The highest BCUT2D eigenvalue weighted by molar-refractivity contribution is 6.32. The number of ether oxygens (including phenoxy) is 1. The van der Waals surface area contributed by atoms with Gasteiger partial charge in [0, 0.05) is 49.4 Å². The lowest BCUT2D eigenvalue weighted by Gasteiger charge is -2.36. The average molecular weight is 427 g/mol. The van der Waals surface area contributed by atoms with E-state index in [0.717, 1.165) is 24.0 Å². The van der Waals surface area contributed by atoms with Crippen LogP contribution < -0.4 is 15.3 Å². The molecule has 0 bridgehead atoms. The molecule has 7 heteroatoms. The van der Waals surface area contributed by atoms with E-state index in [9.17, 15) is 9.59 Å². The molecule has 1 aliphatic heterocycles. The molecule has 1 fully saturated rings. The van der Waals surface area contributed by atoms with Gasteiger partial charge in [0.05, 0.1) is 5.02 Å². The van der Waals surface area contributed by atoms with Crippen molar-refractivity contribution in [2.45, 2.75) is 13.8 Å². The van der Waals surface area contributed by atoms with Gasteiger partial charge in [-0.05, 0) is 43.2 Å². The lowest BCUT2D eigenvalue weighted by molar-refractivity contribution is -0.133. The number of carbonyl (C=O) groups is 1. The molecule has 0 N–H and O–H groups in total. The Balaban J connectivity index is 1.38. The first-order chi connectivity index (χ1) is 14.4. The Kier molecular flexibility index (Phi) is 5.68. The van der Waals surface area contributed by atoms with Crippen LogP contribution in [-0.2, 0) is 4.79 Å².